The zero-order chi connectivity index (χ0) is 13.0. The normalized spacial score (nSPS) is 14.6. The smallest absolute Gasteiger partial charge is 0.309 e. The Morgan fingerprint density at radius 1 is 1.44 bits per heavy atom. The Labute approximate surface area is 97.0 Å². The fourth-order valence-electron chi connectivity index (χ4n) is 1.14. The number of nitrogens with zero attached hydrogens (tertiary/aromatic N) is 1. The highest BCUT2D eigenvalue weighted by Crippen LogP contribution is 2.02. The van der Waals surface area contributed by atoms with Crippen molar-refractivity contribution in [3.63, 3.8) is 0 Å². The van der Waals surface area contributed by atoms with Crippen LogP contribution in [0.3, 0.4) is 0 Å². The number of hydrogen-bond donors (Lipinski definition) is 2. The molecule has 2 N–H and O–H groups in total. The van der Waals surface area contributed by atoms with E-state index in [1.807, 2.05) is 6.92 Å². The fourth-order valence-corrected chi connectivity index (χ4v) is 2.11. The molecule has 0 aromatic heterocycles. The Morgan fingerprint density at radius 3 is 2.31 bits per heavy atom. The lowest BCUT2D eigenvalue weighted by atomic mass is 10.1. The molecule has 96 valence electrons. The molecule has 0 aromatic rings. The minimum absolute atomic E-state index is 0.0129. The predicted octanol–water partition coefficient (Wildman–Crippen LogP) is 0.0279. The van der Waals surface area contributed by atoms with Crippen molar-refractivity contribution in [3.05, 3.63) is 0 Å². The van der Waals surface area contributed by atoms with Gasteiger partial charge in [0.15, 0.2) is 6.67 Å². The summed E-state index contributed by atoms with van der Waals surface area (Å²) in [5.74, 6) is -0.622. The van der Waals surface area contributed by atoms with Crippen LogP contribution in [-0.2, 0) is 14.9 Å². The third kappa shape index (κ3) is 6.76. The Morgan fingerprint density at radius 2 is 1.94 bits per heavy atom. The Hall–Kier alpha value is -0.660. The van der Waals surface area contributed by atoms with Gasteiger partial charge in [0.2, 0.25) is 11.8 Å². The monoisotopic (exact) mass is 256 g/mol. The van der Waals surface area contributed by atoms with Gasteiger partial charge in [-0.25, -0.2) is 0 Å². The number of carbonyl (C=O) groups is 1. The molecule has 0 aliphatic heterocycles. The van der Waals surface area contributed by atoms with Crippen LogP contribution < -0.4 is 5.32 Å². The molecule has 1 unspecified atom stereocenters. The average molecular weight is 256 g/mol. The molecule has 16 heavy (non-hydrogen) atoms. The number of hydrogen-bond acceptors (Lipinski definition) is 3. The van der Waals surface area contributed by atoms with Gasteiger partial charge in [0.05, 0.1) is 14.1 Å². The second kappa shape index (κ2) is 5.60. The quantitative estimate of drug-likeness (QED) is 0.231. The molecule has 0 aliphatic rings. The molecule has 0 bridgehead atoms. The number of nitrogens with one attached hydrogen (secondary N) is 1. The second-order valence-electron chi connectivity index (χ2n) is 4.66. The zero-order valence-corrected chi connectivity index (χ0v) is 11.0. The molecule has 0 radical (unpaired) electrons. The van der Waals surface area contributed by atoms with Gasteiger partial charge in [-0.15, -0.1) is 0 Å². The largest absolute Gasteiger partial charge is 0.316 e. The van der Waals surface area contributed by atoms with Gasteiger partial charge in [0.25, 0.3) is 0 Å². The van der Waals surface area contributed by atoms with Crippen LogP contribution in [-0.4, -0.2) is 50.0 Å². The number of amides is 1. The standard InChI is InChI=1S/C9H20N2O4S/c1-5-8(2)9(12)10-6-11(3,4)7-16(13,14)15/h8H,5-7H2,1-4H3,(H-,10,12,13,14,15)/p+1/i3+1,4+1,11+1. The van der Waals surface area contributed by atoms with Gasteiger partial charge in [-0.2, -0.15) is 8.42 Å². The van der Waals surface area contributed by atoms with Gasteiger partial charge in [0, 0.05) is 5.92 Å². The topological polar surface area (TPSA) is 83.5 Å². The summed E-state index contributed by atoms with van der Waals surface area (Å²) < 4.78 is 30.1. The SMILES string of the molecule is CCC(C)C(=O)NC[15N+]([13CH3])([13CH3])CS(=O)(=O)O. The number of quaternary nitrogens is 1. The van der Waals surface area contributed by atoms with Crippen LogP contribution in [0.25, 0.3) is 0 Å². The third-order valence-corrected chi connectivity index (χ3v) is 3.28. The van der Waals surface area contributed by atoms with Crippen LogP contribution >= 0.6 is 0 Å². The van der Waals surface area contributed by atoms with Crippen LogP contribution in [0.2, 0.25) is 0 Å². The van der Waals surface area contributed by atoms with E-state index in [2.05, 4.69) is 5.32 Å². The molecule has 0 heterocycles. The molecule has 1 amide bonds. The van der Waals surface area contributed by atoms with Crippen molar-refractivity contribution >= 4 is 16.0 Å². The minimum Gasteiger partial charge on any atom is -0.309 e. The van der Waals surface area contributed by atoms with Crippen molar-refractivity contribution in [2.24, 2.45) is 5.92 Å². The number of rotatable bonds is 6. The highest BCUT2D eigenvalue weighted by atomic mass is 32.2. The van der Waals surface area contributed by atoms with Gasteiger partial charge in [-0.1, -0.05) is 13.8 Å². The van der Waals surface area contributed by atoms with Crippen LogP contribution in [0, 0.1) is 5.92 Å². The average Bonchev–Trinajstić information content (AvgIpc) is 2.09. The van der Waals surface area contributed by atoms with Gasteiger partial charge in [-0.3, -0.25) is 13.8 Å². The molecule has 0 aromatic carbocycles. The summed E-state index contributed by atoms with van der Waals surface area (Å²) >= 11 is 0. The van der Waals surface area contributed by atoms with Crippen molar-refractivity contribution in [2.45, 2.75) is 20.3 Å². The molecule has 0 spiro atoms. The van der Waals surface area contributed by atoms with E-state index in [-0.39, 0.29) is 23.0 Å². The van der Waals surface area contributed by atoms with E-state index in [1.165, 1.54) is 0 Å². The van der Waals surface area contributed by atoms with Crippen LogP contribution in [0.4, 0.5) is 0 Å². The first kappa shape index (κ1) is 15.3. The van der Waals surface area contributed by atoms with Crippen molar-refractivity contribution in [2.75, 3.05) is 26.6 Å². The Bertz CT molecular complexity index is 337. The first-order valence-electron chi connectivity index (χ1n) is 5.12. The maximum atomic E-state index is 11.5. The van der Waals surface area contributed by atoms with E-state index in [1.54, 1.807) is 21.0 Å². The van der Waals surface area contributed by atoms with E-state index in [4.69, 9.17) is 4.55 Å². The summed E-state index contributed by atoms with van der Waals surface area (Å²) in [6.07, 6.45) is 0.734. The molecular formula is C9H21N2O4S+. The molecule has 6 nitrogen and oxygen atoms in total. The lowest BCUT2D eigenvalue weighted by Gasteiger charge is -2.28. The summed E-state index contributed by atoms with van der Waals surface area (Å²) in [4.78, 5) is 11.5. The summed E-state index contributed by atoms with van der Waals surface area (Å²) in [6.45, 7) is 3.88. The molecule has 1 atom stereocenters. The fraction of sp³-hybridized carbons (Fsp3) is 0.889. The maximum Gasteiger partial charge on any atom is 0.316 e. The lowest BCUT2D eigenvalue weighted by Crippen LogP contribution is -2.51. The van der Waals surface area contributed by atoms with E-state index in [0.29, 0.717) is 0 Å². The van der Waals surface area contributed by atoms with E-state index >= 15 is 0 Å². The Balaban J connectivity index is 4.24. The highest BCUT2D eigenvalue weighted by molar-refractivity contribution is 7.85. The minimum atomic E-state index is -4.03. The number of carbonyl (C=O) groups excluding carboxylic acids is 1. The summed E-state index contributed by atoms with van der Waals surface area (Å²) in [5.41, 5.74) is 0. The van der Waals surface area contributed by atoms with Gasteiger partial charge < -0.3 is 5.32 Å². The van der Waals surface area contributed by atoms with E-state index in [9.17, 15) is 13.2 Å². The molecule has 0 saturated heterocycles. The summed E-state index contributed by atoms with van der Waals surface area (Å²) in [5, 5.41) is 2.65. The Kier molecular flexibility index (Phi) is 5.37. The molecule has 0 saturated carbocycles. The van der Waals surface area contributed by atoms with E-state index in [0.717, 1.165) is 6.42 Å². The second-order valence-corrected chi connectivity index (χ2v) is 6.08. The van der Waals surface area contributed by atoms with Gasteiger partial charge in [-0.05, 0) is 6.42 Å². The van der Waals surface area contributed by atoms with Crippen LogP contribution in [0.15, 0.2) is 0 Å². The molecule has 0 rings (SSSR count). The van der Waals surface area contributed by atoms with Crippen molar-refractivity contribution in [3.8, 4) is 0 Å². The van der Waals surface area contributed by atoms with Crippen molar-refractivity contribution < 1.29 is 22.2 Å². The van der Waals surface area contributed by atoms with Gasteiger partial charge >= 0.3 is 10.1 Å². The van der Waals surface area contributed by atoms with Gasteiger partial charge in [0.1, 0.15) is 0 Å². The predicted molar refractivity (Wildman–Crippen MR) is 61.0 cm³/mol. The lowest BCUT2D eigenvalue weighted by molar-refractivity contribution is -0.880. The summed E-state index contributed by atoms with van der Waals surface area (Å²) in [6, 6.07) is 0. The molecule has 0 aliphatic carbocycles. The van der Waals surface area contributed by atoms with E-state index < -0.39 is 16.0 Å². The highest BCUT2D eigenvalue weighted by Gasteiger charge is 2.24. The summed E-state index contributed by atoms with van der Waals surface area (Å²) in [7, 11) is -0.803. The van der Waals surface area contributed by atoms with Crippen LogP contribution in [0.1, 0.15) is 20.3 Å². The molecule has 0 fully saturated rings. The zero-order valence-electron chi connectivity index (χ0n) is 10.2. The third-order valence-electron chi connectivity index (χ3n) is 2.25. The van der Waals surface area contributed by atoms with Crippen LogP contribution in [0.5, 0.6) is 0 Å². The van der Waals surface area contributed by atoms with Crippen molar-refractivity contribution in [1.29, 1.82) is 0 Å². The molecule has 7 heteroatoms. The maximum absolute atomic E-state index is 11.5. The van der Waals surface area contributed by atoms with Crippen molar-refractivity contribution in [1.82, 2.24) is 5.32 Å². The first-order valence-corrected chi connectivity index (χ1v) is 6.73. The molecular weight excluding hydrogens is 235 g/mol. The first-order chi connectivity index (χ1) is 7.07.